The van der Waals surface area contributed by atoms with Crippen molar-refractivity contribution in [2.24, 2.45) is 0 Å². The van der Waals surface area contributed by atoms with Crippen LogP contribution in [0.5, 0.6) is 23.0 Å². The molecule has 1 aromatic heterocycles. The Morgan fingerprint density at radius 2 is 1.03 bits per heavy atom. The van der Waals surface area contributed by atoms with Crippen molar-refractivity contribution >= 4 is 79.0 Å². The third-order valence-electron chi connectivity index (χ3n) is 14.7. The zero-order chi connectivity index (χ0) is 45.8. The maximum Gasteiger partial charge on any atom is 0.256 e. The first-order chi connectivity index (χ1) is 34.0. The molecule has 326 valence electrons. The van der Waals surface area contributed by atoms with Gasteiger partial charge < -0.3 is 23.8 Å². The lowest BCUT2D eigenvalue weighted by molar-refractivity contribution is 0.418. The summed E-state index contributed by atoms with van der Waals surface area (Å²) in [5.41, 5.74) is 17.9. The number of benzene rings is 10. The molecule has 6 heteroatoms. The molecule has 0 spiro atoms. The van der Waals surface area contributed by atoms with Crippen LogP contribution in [0.1, 0.15) is 25.0 Å². The number of aromatic nitrogens is 1. The number of para-hydroxylation sites is 4. The molecule has 11 aromatic rings. The van der Waals surface area contributed by atoms with Crippen LogP contribution in [0.25, 0.3) is 38.6 Å². The minimum Gasteiger partial charge on any atom is -0.458 e. The monoisotopic (exact) mass is 885 g/mol. The van der Waals surface area contributed by atoms with E-state index < -0.39 is 0 Å². The minimum absolute atomic E-state index is 0.0902. The maximum atomic E-state index is 7.17. The van der Waals surface area contributed by atoms with Crippen LogP contribution in [0.3, 0.4) is 0 Å². The predicted molar refractivity (Wildman–Crippen MR) is 285 cm³/mol. The van der Waals surface area contributed by atoms with Crippen molar-refractivity contribution in [3.05, 3.63) is 242 Å². The summed E-state index contributed by atoms with van der Waals surface area (Å²) in [7, 11) is 0. The van der Waals surface area contributed by atoms with Crippen LogP contribution in [0.15, 0.2) is 231 Å². The largest absolute Gasteiger partial charge is 0.458 e. The van der Waals surface area contributed by atoms with Crippen molar-refractivity contribution in [1.82, 2.24) is 4.57 Å². The smallest absolute Gasteiger partial charge is 0.256 e. The van der Waals surface area contributed by atoms with Gasteiger partial charge in [0.2, 0.25) is 0 Å². The first kappa shape index (κ1) is 39.4. The molecule has 0 aliphatic carbocycles. The Morgan fingerprint density at radius 3 is 1.84 bits per heavy atom. The highest BCUT2D eigenvalue weighted by Crippen LogP contribution is 2.51. The number of hydrogen-bond donors (Lipinski definition) is 0. The minimum atomic E-state index is -0.287. The first-order valence-electron chi connectivity index (χ1n) is 23.8. The quantitative estimate of drug-likeness (QED) is 0.156. The highest BCUT2D eigenvalue weighted by atomic mass is 16.5. The van der Waals surface area contributed by atoms with E-state index in [-0.39, 0.29) is 12.1 Å². The van der Waals surface area contributed by atoms with Gasteiger partial charge in [-0.3, -0.25) is 0 Å². The van der Waals surface area contributed by atoms with Gasteiger partial charge in [-0.25, -0.2) is 0 Å². The molecular weight excluding hydrogens is 842 g/mol. The molecule has 10 aromatic carbocycles. The van der Waals surface area contributed by atoms with Gasteiger partial charge in [0.25, 0.3) is 6.71 Å². The molecule has 5 nitrogen and oxygen atoms in total. The van der Waals surface area contributed by atoms with Gasteiger partial charge in [0.15, 0.2) is 0 Å². The Labute approximate surface area is 401 Å². The molecule has 0 saturated heterocycles. The average molecular weight is 886 g/mol. The van der Waals surface area contributed by atoms with E-state index in [1.54, 1.807) is 0 Å². The predicted octanol–water partition coefficient (Wildman–Crippen LogP) is 14.8. The Morgan fingerprint density at radius 1 is 0.406 bits per heavy atom. The molecule has 69 heavy (non-hydrogen) atoms. The first-order valence-corrected chi connectivity index (χ1v) is 23.8. The third kappa shape index (κ3) is 6.05. The van der Waals surface area contributed by atoms with Gasteiger partial charge in [0.05, 0.1) is 11.0 Å². The molecule has 3 aliphatic rings. The van der Waals surface area contributed by atoms with Crippen molar-refractivity contribution in [2.75, 3.05) is 9.80 Å². The average Bonchev–Trinajstić information content (AvgIpc) is 3.72. The highest BCUT2D eigenvalue weighted by molar-refractivity contribution is 6.99. The molecule has 3 aliphatic heterocycles. The fourth-order valence-electron chi connectivity index (χ4n) is 11.4. The Balaban J connectivity index is 0.966. The summed E-state index contributed by atoms with van der Waals surface area (Å²) in [5, 5.41) is 2.45. The Hall–Kier alpha value is -8.74. The molecule has 4 heterocycles. The van der Waals surface area contributed by atoms with E-state index in [0.717, 1.165) is 73.8 Å². The van der Waals surface area contributed by atoms with E-state index in [1.807, 2.05) is 6.07 Å². The molecule has 0 saturated carbocycles. The van der Waals surface area contributed by atoms with E-state index in [0.29, 0.717) is 0 Å². The zero-order valence-electron chi connectivity index (χ0n) is 38.2. The van der Waals surface area contributed by atoms with E-state index in [1.165, 1.54) is 49.4 Å². The normalized spacial score (nSPS) is 13.7. The van der Waals surface area contributed by atoms with Crippen molar-refractivity contribution in [3.63, 3.8) is 0 Å². The van der Waals surface area contributed by atoms with Crippen LogP contribution in [-0.2, 0) is 5.41 Å². The summed E-state index contributed by atoms with van der Waals surface area (Å²) < 4.78 is 16.1. The van der Waals surface area contributed by atoms with Gasteiger partial charge >= 0.3 is 0 Å². The summed E-state index contributed by atoms with van der Waals surface area (Å²) in [6.45, 7) is 4.50. The molecule has 0 N–H and O–H groups in total. The standard InChI is InChI=1S/C63H44BN3O2/c1-63(2)50-24-13-15-27-58(50)68-59-36-34-46(37-51(59)63)65(45-31-29-42(30-32-45)41-17-6-3-7-18-41)47-33-35-52-61(38-47)69-60-28-16-26-55-62(60)64(52)53-39-49-48-23-12-14-25-54(48)66(43-19-8-4-9-20-43)56(49)40-57(53)67(55)44-21-10-5-11-22-44/h3-40H,1-2H3. The fraction of sp³-hybridized carbons (Fsp3) is 0.0476. The van der Waals surface area contributed by atoms with Crippen LogP contribution >= 0.6 is 0 Å². The van der Waals surface area contributed by atoms with E-state index in [4.69, 9.17) is 9.47 Å². The zero-order valence-corrected chi connectivity index (χ0v) is 38.2. The molecule has 0 amide bonds. The second-order valence-electron chi connectivity index (χ2n) is 18.9. The van der Waals surface area contributed by atoms with Gasteiger partial charge in [-0.2, -0.15) is 0 Å². The van der Waals surface area contributed by atoms with E-state index in [2.05, 4.69) is 253 Å². The van der Waals surface area contributed by atoms with Gasteiger partial charge in [-0.15, -0.1) is 0 Å². The topological polar surface area (TPSA) is 29.9 Å². The third-order valence-corrected chi connectivity index (χ3v) is 14.7. The molecule has 0 atom stereocenters. The number of rotatable bonds is 6. The summed E-state index contributed by atoms with van der Waals surface area (Å²) in [6.07, 6.45) is 0. The molecule has 0 unspecified atom stereocenters. The van der Waals surface area contributed by atoms with Gasteiger partial charge in [-0.1, -0.05) is 147 Å². The lowest BCUT2D eigenvalue weighted by atomic mass is 9.34. The molecule has 0 bridgehead atoms. The lowest BCUT2D eigenvalue weighted by Crippen LogP contribution is -2.59. The molecule has 0 fully saturated rings. The SMILES string of the molecule is CC1(C)c2ccccc2Oc2ccc(N(c3ccc(-c4ccccc4)cc3)c3ccc4c(c3)Oc3cccc5c3B4c3cc4c6ccccc6n(-c6ccccc6)c4cc3N5c3ccccc3)cc21. The molecule has 0 radical (unpaired) electrons. The number of nitrogens with zero attached hydrogens (tertiary/aromatic N) is 3. The van der Waals surface area contributed by atoms with E-state index >= 15 is 0 Å². The number of hydrogen-bond acceptors (Lipinski definition) is 4. The van der Waals surface area contributed by atoms with Crippen molar-refractivity contribution in [3.8, 4) is 39.8 Å². The van der Waals surface area contributed by atoms with Crippen LogP contribution in [0.4, 0.5) is 34.1 Å². The lowest BCUT2D eigenvalue weighted by Gasteiger charge is -2.40. The van der Waals surface area contributed by atoms with E-state index in [9.17, 15) is 0 Å². The van der Waals surface area contributed by atoms with Crippen LogP contribution < -0.4 is 35.7 Å². The highest BCUT2D eigenvalue weighted by Gasteiger charge is 2.43. The van der Waals surface area contributed by atoms with Crippen molar-refractivity contribution < 1.29 is 9.47 Å². The second kappa shape index (κ2) is 15.1. The van der Waals surface area contributed by atoms with Crippen molar-refractivity contribution in [2.45, 2.75) is 19.3 Å². The molecule has 14 rings (SSSR count). The molecular formula is C63H44BN3O2. The maximum absolute atomic E-state index is 7.17. The number of ether oxygens (including phenoxy) is 2. The fourth-order valence-corrected chi connectivity index (χ4v) is 11.4. The van der Waals surface area contributed by atoms with Gasteiger partial charge in [-0.05, 0) is 119 Å². The Bertz CT molecular complexity index is 3830. The van der Waals surface area contributed by atoms with Crippen LogP contribution in [0.2, 0.25) is 0 Å². The summed E-state index contributed by atoms with van der Waals surface area (Å²) >= 11 is 0. The van der Waals surface area contributed by atoms with Crippen LogP contribution in [-0.4, -0.2) is 11.3 Å². The van der Waals surface area contributed by atoms with Crippen molar-refractivity contribution in [1.29, 1.82) is 0 Å². The number of fused-ring (bicyclic) bond motifs is 9. The summed E-state index contributed by atoms with van der Waals surface area (Å²) in [6, 6.07) is 83.0. The second-order valence-corrected chi connectivity index (χ2v) is 18.9. The summed E-state index contributed by atoms with van der Waals surface area (Å²) in [5.74, 6) is 3.50. The Kier molecular flexibility index (Phi) is 8.65. The summed E-state index contributed by atoms with van der Waals surface area (Å²) in [4.78, 5) is 4.79. The number of anilines is 6. The van der Waals surface area contributed by atoms with Gasteiger partial charge in [0.1, 0.15) is 23.0 Å². The van der Waals surface area contributed by atoms with Crippen LogP contribution in [0, 0.1) is 0 Å². The van der Waals surface area contributed by atoms with Gasteiger partial charge in [0, 0.05) is 73.2 Å².